The highest BCUT2D eigenvalue weighted by Crippen LogP contribution is 2.22. The molecule has 1 aromatic heterocycles. The highest BCUT2D eigenvalue weighted by Gasteiger charge is 2.13. The fraction of sp³-hybridized carbons (Fsp3) is 0.211. The van der Waals surface area contributed by atoms with Gasteiger partial charge >= 0.3 is 0 Å². The molecule has 9 heteroatoms. The number of halogens is 2. The number of hydrogen-bond donors (Lipinski definition) is 1. The zero-order valence-corrected chi connectivity index (χ0v) is 17.6. The van der Waals surface area contributed by atoms with Gasteiger partial charge in [-0.15, -0.1) is 10.2 Å². The third kappa shape index (κ3) is 5.41. The van der Waals surface area contributed by atoms with Crippen molar-refractivity contribution in [2.75, 3.05) is 11.1 Å². The van der Waals surface area contributed by atoms with Crippen LogP contribution in [0.25, 0.3) is 0 Å². The summed E-state index contributed by atoms with van der Waals surface area (Å²) in [5, 5.41) is 13.0. The number of thioether (sulfide) groups is 1. The molecule has 146 valence electrons. The maximum absolute atomic E-state index is 12.2. The van der Waals surface area contributed by atoms with Gasteiger partial charge in [-0.3, -0.25) is 4.79 Å². The highest BCUT2D eigenvalue weighted by atomic mass is 35.5. The molecule has 28 heavy (non-hydrogen) atoms. The molecule has 0 atom stereocenters. The van der Waals surface area contributed by atoms with Crippen LogP contribution in [0.1, 0.15) is 11.4 Å². The number of anilines is 1. The van der Waals surface area contributed by atoms with Crippen LogP contribution < -0.4 is 10.1 Å². The van der Waals surface area contributed by atoms with E-state index in [0.29, 0.717) is 32.5 Å². The summed E-state index contributed by atoms with van der Waals surface area (Å²) in [6.07, 6.45) is 0. The Kier molecular flexibility index (Phi) is 6.83. The van der Waals surface area contributed by atoms with Crippen molar-refractivity contribution in [3.8, 4) is 5.75 Å². The van der Waals surface area contributed by atoms with Crippen LogP contribution in [0.5, 0.6) is 5.75 Å². The number of nitrogens with one attached hydrogen (secondary N) is 1. The molecular weight excluding hydrogens is 419 g/mol. The van der Waals surface area contributed by atoms with E-state index in [2.05, 4.69) is 15.5 Å². The number of ether oxygens (including phenoxy) is 1. The number of nitrogens with zero attached hydrogens (tertiary/aromatic N) is 3. The molecule has 0 spiro atoms. The molecule has 0 radical (unpaired) electrons. The number of aryl methyl sites for hydroxylation is 1. The van der Waals surface area contributed by atoms with Crippen LogP contribution in [-0.2, 0) is 18.4 Å². The molecule has 3 aromatic rings. The molecule has 1 N–H and O–H groups in total. The van der Waals surface area contributed by atoms with Crippen LogP contribution in [0.3, 0.4) is 0 Å². The van der Waals surface area contributed by atoms with Gasteiger partial charge in [-0.2, -0.15) is 0 Å². The molecule has 1 amide bonds. The number of carbonyl (C=O) groups is 1. The quantitative estimate of drug-likeness (QED) is 0.541. The van der Waals surface area contributed by atoms with Gasteiger partial charge in [0.2, 0.25) is 5.91 Å². The molecule has 6 nitrogen and oxygen atoms in total. The number of aromatic nitrogens is 3. The van der Waals surface area contributed by atoms with Crippen molar-refractivity contribution in [2.45, 2.75) is 18.7 Å². The van der Waals surface area contributed by atoms with Crippen LogP contribution in [0.2, 0.25) is 10.0 Å². The average molecular weight is 437 g/mol. The van der Waals surface area contributed by atoms with E-state index < -0.39 is 0 Å². The van der Waals surface area contributed by atoms with E-state index in [-0.39, 0.29) is 18.3 Å². The summed E-state index contributed by atoms with van der Waals surface area (Å²) in [5.41, 5.74) is 1.65. The van der Waals surface area contributed by atoms with E-state index in [4.69, 9.17) is 27.9 Å². The van der Waals surface area contributed by atoms with Gasteiger partial charge in [-0.1, -0.05) is 41.0 Å². The van der Waals surface area contributed by atoms with Gasteiger partial charge in [0.1, 0.15) is 12.4 Å². The lowest BCUT2D eigenvalue weighted by Gasteiger charge is -2.09. The van der Waals surface area contributed by atoms with E-state index in [1.165, 1.54) is 11.8 Å². The summed E-state index contributed by atoms with van der Waals surface area (Å²) in [6.45, 7) is 2.17. The summed E-state index contributed by atoms with van der Waals surface area (Å²) in [6, 6.07) is 12.5. The third-order valence-corrected chi connectivity index (χ3v) is 5.42. The largest absolute Gasteiger partial charge is 0.486 e. The van der Waals surface area contributed by atoms with Gasteiger partial charge in [0, 0.05) is 22.8 Å². The molecule has 2 aromatic carbocycles. The average Bonchev–Trinajstić information content (AvgIpc) is 3.02. The first-order valence-electron chi connectivity index (χ1n) is 8.38. The predicted molar refractivity (Wildman–Crippen MR) is 112 cm³/mol. The Morgan fingerprint density at radius 1 is 1.14 bits per heavy atom. The van der Waals surface area contributed by atoms with Crippen molar-refractivity contribution in [1.82, 2.24) is 14.8 Å². The first-order chi connectivity index (χ1) is 13.4. The Labute approximate surface area is 177 Å². The number of carbonyl (C=O) groups excluding carboxylic acids is 1. The Bertz CT molecular complexity index is 977. The number of benzene rings is 2. The van der Waals surface area contributed by atoms with Crippen molar-refractivity contribution in [2.24, 2.45) is 7.05 Å². The van der Waals surface area contributed by atoms with E-state index in [1.54, 1.807) is 41.0 Å². The molecule has 3 rings (SSSR count). The van der Waals surface area contributed by atoms with Gasteiger partial charge < -0.3 is 14.6 Å². The zero-order chi connectivity index (χ0) is 20.1. The first-order valence-corrected chi connectivity index (χ1v) is 10.1. The van der Waals surface area contributed by atoms with E-state index in [1.807, 2.05) is 20.0 Å². The van der Waals surface area contributed by atoms with Crippen molar-refractivity contribution in [1.29, 1.82) is 0 Å². The van der Waals surface area contributed by atoms with E-state index in [0.717, 1.165) is 5.56 Å². The van der Waals surface area contributed by atoms with Gasteiger partial charge in [0.25, 0.3) is 0 Å². The zero-order valence-electron chi connectivity index (χ0n) is 15.3. The van der Waals surface area contributed by atoms with Gasteiger partial charge in [0.15, 0.2) is 11.0 Å². The number of amides is 1. The summed E-state index contributed by atoms with van der Waals surface area (Å²) in [5.74, 6) is 1.41. The topological polar surface area (TPSA) is 69.0 Å². The summed E-state index contributed by atoms with van der Waals surface area (Å²) < 4.78 is 7.49. The fourth-order valence-corrected chi connectivity index (χ4v) is 3.35. The Balaban J connectivity index is 1.54. The van der Waals surface area contributed by atoms with Crippen LogP contribution in [0.4, 0.5) is 5.69 Å². The maximum Gasteiger partial charge on any atom is 0.234 e. The molecule has 0 unspecified atom stereocenters. The molecule has 0 aliphatic carbocycles. The van der Waals surface area contributed by atoms with Crippen LogP contribution in [-0.4, -0.2) is 26.4 Å². The summed E-state index contributed by atoms with van der Waals surface area (Å²) >= 11 is 13.1. The first kappa shape index (κ1) is 20.5. The van der Waals surface area contributed by atoms with Gasteiger partial charge in [-0.05, 0) is 48.9 Å². The molecular formula is C19H18Cl2N4O2S. The summed E-state index contributed by atoms with van der Waals surface area (Å²) in [7, 11) is 1.84. The lowest BCUT2D eigenvalue weighted by molar-refractivity contribution is -0.113. The lowest BCUT2D eigenvalue weighted by atomic mass is 10.2. The molecule has 0 fully saturated rings. The van der Waals surface area contributed by atoms with Crippen LogP contribution in [0, 0.1) is 6.92 Å². The molecule has 0 saturated carbocycles. The Morgan fingerprint density at radius 2 is 1.86 bits per heavy atom. The predicted octanol–water partition coefficient (Wildman–Crippen LogP) is 4.74. The van der Waals surface area contributed by atoms with Crippen molar-refractivity contribution >= 4 is 46.6 Å². The molecule has 0 aliphatic heterocycles. The second-order valence-electron chi connectivity index (χ2n) is 6.00. The highest BCUT2D eigenvalue weighted by molar-refractivity contribution is 7.99. The number of hydrogen-bond acceptors (Lipinski definition) is 5. The molecule has 0 saturated heterocycles. The van der Waals surface area contributed by atoms with Crippen molar-refractivity contribution < 1.29 is 9.53 Å². The minimum absolute atomic E-state index is 0.141. The molecule has 0 bridgehead atoms. The second-order valence-corrected chi connectivity index (χ2v) is 7.81. The Hall–Kier alpha value is -2.22. The standard InChI is InChI=1S/C19H18Cl2N4O2S/c1-12-3-4-14(21)9-16(12)22-18(26)11-28-19-24-23-17(25(19)2)10-27-15-7-5-13(20)6-8-15/h3-9H,10-11H2,1-2H3,(H,22,26). The monoisotopic (exact) mass is 436 g/mol. The maximum atomic E-state index is 12.2. The van der Waals surface area contributed by atoms with Crippen LogP contribution >= 0.6 is 35.0 Å². The second kappa shape index (κ2) is 9.32. The van der Waals surface area contributed by atoms with Crippen molar-refractivity contribution in [3.05, 3.63) is 63.9 Å². The van der Waals surface area contributed by atoms with Crippen molar-refractivity contribution in [3.63, 3.8) is 0 Å². The van der Waals surface area contributed by atoms with Gasteiger partial charge in [0.05, 0.1) is 5.75 Å². The van der Waals surface area contributed by atoms with E-state index in [9.17, 15) is 4.79 Å². The summed E-state index contributed by atoms with van der Waals surface area (Å²) in [4.78, 5) is 12.2. The minimum atomic E-state index is -0.141. The lowest BCUT2D eigenvalue weighted by Crippen LogP contribution is -2.15. The molecule has 1 heterocycles. The van der Waals surface area contributed by atoms with Crippen LogP contribution in [0.15, 0.2) is 47.6 Å². The fourth-order valence-electron chi connectivity index (χ4n) is 2.32. The third-order valence-electron chi connectivity index (χ3n) is 3.91. The van der Waals surface area contributed by atoms with E-state index >= 15 is 0 Å². The Morgan fingerprint density at radius 3 is 2.61 bits per heavy atom. The van der Waals surface area contributed by atoms with Gasteiger partial charge in [-0.25, -0.2) is 0 Å². The number of rotatable bonds is 7. The normalized spacial score (nSPS) is 10.7. The smallest absolute Gasteiger partial charge is 0.234 e. The molecule has 0 aliphatic rings. The SMILES string of the molecule is Cc1ccc(Cl)cc1NC(=O)CSc1nnc(COc2ccc(Cl)cc2)n1C. The minimum Gasteiger partial charge on any atom is -0.486 e.